The van der Waals surface area contributed by atoms with E-state index in [0.717, 1.165) is 35.8 Å². The second kappa shape index (κ2) is 10.9. The van der Waals surface area contributed by atoms with Gasteiger partial charge >= 0.3 is 0 Å². The minimum Gasteiger partial charge on any atom is -0.497 e. The molecule has 34 heavy (non-hydrogen) atoms. The molecule has 0 aromatic heterocycles. The van der Waals surface area contributed by atoms with Crippen molar-refractivity contribution >= 4 is 17.5 Å². The van der Waals surface area contributed by atoms with Gasteiger partial charge in [0, 0.05) is 37.7 Å². The van der Waals surface area contributed by atoms with E-state index < -0.39 is 6.04 Å². The summed E-state index contributed by atoms with van der Waals surface area (Å²) in [6.07, 6.45) is 1.84. The SMILES string of the molecule is CCN(CC1CCOC1)C(=O)C1CCC(=O)N(c2ccc(OC)cc2)C1c1ccc(OC)cc1. The second-order valence-electron chi connectivity index (χ2n) is 8.93. The first-order valence-electron chi connectivity index (χ1n) is 12.0. The average molecular weight is 467 g/mol. The van der Waals surface area contributed by atoms with Crippen LogP contribution in [0.15, 0.2) is 48.5 Å². The topological polar surface area (TPSA) is 68.3 Å². The second-order valence-corrected chi connectivity index (χ2v) is 8.93. The van der Waals surface area contributed by atoms with Crippen LogP contribution in [0.5, 0.6) is 11.5 Å². The molecule has 0 saturated carbocycles. The van der Waals surface area contributed by atoms with Gasteiger partial charge in [0.1, 0.15) is 11.5 Å². The van der Waals surface area contributed by atoms with E-state index in [4.69, 9.17) is 14.2 Å². The quantitative estimate of drug-likeness (QED) is 0.587. The molecule has 2 saturated heterocycles. The number of benzene rings is 2. The smallest absolute Gasteiger partial charge is 0.228 e. The number of hydrogen-bond donors (Lipinski definition) is 0. The van der Waals surface area contributed by atoms with Crippen LogP contribution in [0.4, 0.5) is 5.69 Å². The fraction of sp³-hybridized carbons (Fsp3) is 0.481. The molecule has 4 rings (SSSR count). The molecule has 182 valence electrons. The Balaban J connectivity index is 1.70. The first kappa shape index (κ1) is 24.1. The van der Waals surface area contributed by atoms with Gasteiger partial charge in [-0.25, -0.2) is 0 Å². The maximum absolute atomic E-state index is 13.9. The molecule has 2 fully saturated rings. The van der Waals surface area contributed by atoms with E-state index in [1.807, 2.05) is 60.4 Å². The highest BCUT2D eigenvalue weighted by atomic mass is 16.5. The number of anilines is 1. The van der Waals surface area contributed by atoms with Crippen molar-refractivity contribution in [1.82, 2.24) is 4.90 Å². The molecule has 0 N–H and O–H groups in total. The van der Waals surface area contributed by atoms with Crippen LogP contribution in [0, 0.1) is 11.8 Å². The van der Waals surface area contributed by atoms with Crippen molar-refractivity contribution in [2.75, 3.05) is 45.4 Å². The molecule has 2 aliphatic rings. The molecule has 2 aromatic rings. The lowest BCUT2D eigenvalue weighted by Crippen LogP contribution is -2.50. The van der Waals surface area contributed by atoms with Gasteiger partial charge in [-0.3, -0.25) is 9.59 Å². The monoisotopic (exact) mass is 466 g/mol. The maximum atomic E-state index is 13.9. The van der Waals surface area contributed by atoms with E-state index in [9.17, 15) is 9.59 Å². The van der Waals surface area contributed by atoms with Gasteiger partial charge in [-0.15, -0.1) is 0 Å². The summed E-state index contributed by atoms with van der Waals surface area (Å²) in [5, 5.41) is 0. The number of rotatable bonds is 8. The molecular formula is C27H34N2O5. The van der Waals surface area contributed by atoms with Crippen LogP contribution in [0.1, 0.15) is 37.8 Å². The molecule has 0 bridgehead atoms. The molecule has 3 atom stereocenters. The van der Waals surface area contributed by atoms with Crippen molar-refractivity contribution in [3.8, 4) is 11.5 Å². The number of methoxy groups -OCH3 is 2. The molecule has 2 amide bonds. The Hall–Kier alpha value is -3.06. The van der Waals surface area contributed by atoms with Gasteiger partial charge in [-0.1, -0.05) is 12.1 Å². The number of amides is 2. The van der Waals surface area contributed by atoms with Gasteiger partial charge in [0.25, 0.3) is 0 Å². The molecule has 2 heterocycles. The number of nitrogens with zero attached hydrogens (tertiary/aromatic N) is 2. The lowest BCUT2D eigenvalue weighted by atomic mass is 9.82. The first-order chi connectivity index (χ1) is 16.5. The first-order valence-corrected chi connectivity index (χ1v) is 12.0. The Bertz CT molecular complexity index is 970. The number of hydrogen-bond acceptors (Lipinski definition) is 5. The Kier molecular flexibility index (Phi) is 7.73. The van der Waals surface area contributed by atoms with Gasteiger partial charge in [0.2, 0.25) is 11.8 Å². The molecule has 0 aliphatic carbocycles. The van der Waals surface area contributed by atoms with Crippen molar-refractivity contribution in [1.29, 1.82) is 0 Å². The Morgan fingerprint density at radius 2 is 1.68 bits per heavy atom. The number of piperidine rings is 1. The predicted molar refractivity (Wildman–Crippen MR) is 130 cm³/mol. The van der Waals surface area contributed by atoms with Gasteiger partial charge in [-0.2, -0.15) is 0 Å². The Morgan fingerprint density at radius 3 is 2.24 bits per heavy atom. The lowest BCUT2D eigenvalue weighted by Gasteiger charge is -2.42. The fourth-order valence-corrected chi connectivity index (χ4v) is 5.03. The highest BCUT2D eigenvalue weighted by Gasteiger charge is 2.43. The van der Waals surface area contributed by atoms with Crippen LogP contribution >= 0.6 is 0 Å². The average Bonchev–Trinajstić information content (AvgIpc) is 3.40. The van der Waals surface area contributed by atoms with Crippen LogP contribution in [-0.4, -0.2) is 57.2 Å². The van der Waals surface area contributed by atoms with Crippen molar-refractivity contribution in [3.63, 3.8) is 0 Å². The van der Waals surface area contributed by atoms with Crippen LogP contribution in [0.3, 0.4) is 0 Å². The fourth-order valence-electron chi connectivity index (χ4n) is 5.03. The highest BCUT2D eigenvalue weighted by Crippen LogP contribution is 2.41. The number of carbonyl (C=O) groups is 2. The Morgan fingerprint density at radius 1 is 1.03 bits per heavy atom. The van der Waals surface area contributed by atoms with E-state index in [2.05, 4.69) is 0 Å². The third-order valence-corrected chi connectivity index (χ3v) is 6.92. The molecule has 2 aromatic carbocycles. The summed E-state index contributed by atoms with van der Waals surface area (Å²) < 4.78 is 16.2. The Labute approximate surface area is 201 Å². The van der Waals surface area contributed by atoms with E-state index >= 15 is 0 Å². The van der Waals surface area contributed by atoms with E-state index in [-0.39, 0.29) is 17.7 Å². The zero-order chi connectivity index (χ0) is 24.1. The zero-order valence-electron chi connectivity index (χ0n) is 20.2. The number of ether oxygens (including phenoxy) is 3. The summed E-state index contributed by atoms with van der Waals surface area (Å²) in [6, 6.07) is 14.7. The molecule has 3 unspecified atom stereocenters. The molecule has 2 aliphatic heterocycles. The van der Waals surface area contributed by atoms with Crippen LogP contribution < -0.4 is 14.4 Å². The lowest BCUT2D eigenvalue weighted by molar-refractivity contribution is -0.138. The van der Waals surface area contributed by atoms with Gasteiger partial charge < -0.3 is 24.0 Å². The molecule has 0 spiro atoms. The summed E-state index contributed by atoms with van der Waals surface area (Å²) in [4.78, 5) is 30.9. The van der Waals surface area contributed by atoms with Gasteiger partial charge in [0.05, 0.1) is 32.8 Å². The molecular weight excluding hydrogens is 432 g/mol. The molecule has 0 radical (unpaired) electrons. The standard InChI is InChI=1S/C27H34N2O5/c1-4-28(17-19-15-16-34-18-19)27(31)24-13-14-25(30)29(21-7-11-23(33-3)12-8-21)26(24)20-5-9-22(32-2)10-6-20/h5-12,19,24,26H,4,13-18H2,1-3H3. The molecule has 7 heteroatoms. The van der Waals surface area contributed by atoms with Gasteiger partial charge in [0.15, 0.2) is 0 Å². The third-order valence-electron chi connectivity index (χ3n) is 6.92. The van der Waals surface area contributed by atoms with Crippen molar-refractivity contribution in [2.24, 2.45) is 11.8 Å². The highest BCUT2D eigenvalue weighted by molar-refractivity contribution is 5.97. The largest absolute Gasteiger partial charge is 0.497 e. The van der Waals surface area contributed by atoms with Crippen molar-refractivity contribution in [3.05, 3.63) is 54.1 Å². The number of carbonyl (C=O) groups excluding carboxylic acids is 2. The minimum atomic E-state index is -0.401. The normalized spacial score (nSPS) is 22.5. The zero-order valence-corrected chi connectivity index (χ0v) is 20.2. The van der Waals surface area contributed by atoms with Crippen molar-refractivity contribution < 1.29 is 23.8 Å². The maximum Gasteiger partial charge on any atom is 0.228 e. The summed E-state index contributed by atoms with van der Waals surface area (Å²) in [6.45, 7) is 4.81. The van der Waals surface area contributed by atoms with E-state index in [0.29, 0.717) is 38.5 Å². The molecule has 7 nitrogen and oxygen atoms in total. The predicted octanol–water partition coefficient (Wildman–Crippen LogP) is 4.07. The van der Waals surface area contributed by atoms with Gasteiger partial charge in [-0.05, 0) is 61.7 Å². The minimum absolute atomic E-state index is 0.0160. The van der Waals surface area contributed by atoms with Crippen LogP contribution in [-0.2, 0) is 14.3 Å². The van der Waals surface area contributed by atoms with Crippen molar-refractivity contribution in [2.45, 2.75) is 32.2 Å². The summed E-state index contributed by atoms with van der Waals surface area (Å²) in [5.41, 5.74) is 1.68. The third kappa shape index (κ3) is 5.04. The van der Waals surface area contributed by atoms with Crippen LogP contribution in [0.25, 0.3) is 0 Å². The van der Waals surface area contributed by atoms with E-state index in [1.54, 1.807) is 19.1 Å². The summed E-state index contributed by atoms with van der Waals surface area (Å²) in [7, 11) is 3.24. The van der Waals surface area contributed by atoms with E-state index in [1.165, 1.54) is 0 Å². The summed E-state index contributed by atoms with van der Waals surface area (Å²) >= 11 is 0. The summed E-state index contributed by atoms with van der Waals surface area (Å²) in [5.74, 6) is 1.60. The van der Waals surface area contributed by atoms with Crippen LogP contribution in [0.2, 0.25) is 0 Å².